The Morgan fingerprint density at radius 1 is 0.134 bits per heavy atom. The topological polar surface area (TPSA) is 13.1 Å². The summed E-state index contributed by atoms with van der Waals surface area (Å²) in [5.74, 6) is 0. The number of benzene rings is 24. The zero-order valence-electron chi connectivity index (χ0n) is 69.1. The maximum absolute atomic E-state index is 6.14. The van der Waals surface area contributed by atoms with E-state index in [-0.39, 0.29) is 0 Å². The highest BCUT2D eigenvalue weighted by molar-refractivity contribution is 7.27. The van der Waals surface area contributed by atoms with Crippen LogP contribution >= 0.6 is 22.7 Å². The fourth-order valence-electron chi connectivity index (χ4n) is 20.9. The summed E-state index contributed by atoms with van der Waals surface area (Å²) in [6.45, 7) is 0. The average Bonchev–Trinajstić information content (AvgIpc) is 1.64. The van der Waals surface area contributed by atoms with E-state index >= 15 is 0 Å². The van der Waals surface area contributed by atoms with Gasteiger partial charge in [0, 0.05) is 61.9 Å². The Morgan fingerprint density at radius 3 is 0.874 bits per heavy atom. The normalized spacial score (nSPS) is 11.8. The van der Waals surface area contributed by atoms with E-state index in [1.165, 1.54) is 237 Å². The van der Waals surface area contributed by atoms with Gasteiger partial charge >= 0.3 is 0 Å². The van der Waals surface area contributed by atoms with E-state index in [1.807, 2.05) is 34.8 Å². The number of furan rings is 1. The third kappa shape index (κ3) is 12.2. The van der Waals surface area contributed by atoms with Gasteiger partial charge in [0.1, 0.15) is 11.2 Å². The quantitative estimate of drug-likeness (QED) is 0.109. The highest BCUT2D eigenvalue weighted by Crippen LogP contribution is 2.53. The first kappa shape index (κ1) is 73.8. The van der Waals surface area contributed by atoms with Gasteiger partial charge in [-0.05, 0) is 222 Å². The molecule has 0 aliphatic rings. The molecule has 0 saturated carbocycles. The molecule has 0 N–H and O–H groups in total. The molecule has 590 valence electrons. The van der Waals surface area contributed by atoms with Crippen LogP contribution in [0.5, 0.6) is 0 Å². The van der Waals surface area contributed by atoms with E-state index in [9.17, 15) is 0 Å². The van der Waals surface area contributed by atoms with Crippen LogP contribution in [0.2, 0.25) is 0 Å². The van der Waals surface area contributed by atoms with Crippen molar-refractivity contribution in [3.8, 4) is 89.0 Å². The Kier molecular flexibility index (Phi) is 17.8. The van der Waals surface area contributed by atoms with Crippen molar-refractivity contribution in [2.45, 2.75) is 0 Å². The largest absolute Gasteiger partial charge is 0.456 e. The number of rotatable bonds is 8. The first-order chi connectivity index (χ1) is 63.1. The minimum absolute atomic E-state index is 0.920. The molecule has 0 spiro atoms. The van der Waals surface area contributed by atoms with Gasteiger partial charge in [0.2, 0.25) is 0 Å². The number of para-hydroxylation sites is 1. The highest BCUT2D eigenvalue weighted by Gasteiger charge is 2.25. The molecule has 0 amide bonds. The van der Waals surface area contributed by atoms with Gasteiger partial charge in [-0.2, -0.15) is 0 Å². The fourth-order valence-corrected chi connectivity index (χ4v) is 23.4. The second kappa shape index (κ2) is 30.6. The van der Waals surface area contributed by atoms with E-state index in [2.05, 4.69) is 449 Å². The Balaban J connectivity index is 0.000000104. The maximum Gasteiger partial charge on any atom is 0.135 e. The molecule has 0 saturated heterocycles. The van der Waals surface area contributed by atoms with Gasteiger partial charge in [-0.1, -0.05) is 425 Å². The summed E-state index contributed by atoms with van der Waals surface area (Å²) in [6.07, 6.45) is 0. The molecule has 0 radical (unpaired) electrons. The maximum atomic E-state index is 6.14. The first-order valence-electron chi connectivity index (χ1n) is 43.7. The summed E-state index contributed by atoms with van der Waals surface area (Å²) >= 11 is 3.84. The molecule has 27 rings (SSSR count). The zero-order valence-corrected chi connectivity index (χ0v) is 70.7. The second-order valence-corrected chi connectivity index (χ2v) is 35.4. The predicted octanol–water partition coefficient (Wildman–Crippen LogP) is 36.6. The van der Waals surface area contributed by atoms with Crippen molar-refractivity contribution in [2.24, 2.45) is 0 Å². The zero-order chi connectivity index (χ0) is 83.6. The lowest BCUT2D eigenvalue weighted by Crippen LogP contribution is -1.92. The summed E-state index contributed by atoms with van der Waals surface area (Å²) in [6, 6.07) is 168. The van der Waals surface area contributed by atoms with Crippen LogP contribution in [-0.2, 0) is 0 Å². The molecule has 0 fully saturated rings. The molecule has 127 heavy (non-hydrogen) atoms. The number of thiophene rings is 2. The van der Waals surface area contributed by atoms with Crippen molar-refractivity contribution in [3.63, 3.8) is 0 Å². The van der Waals surface area contributed by atoms with E-state index in [1.54, 1.807) is 0 Å². The van der Waals surface area contributed by atoms with Crippen LogP contribution in [-0.4, -0.2) is 0 Å². The lowest BCUT2D eigenvalue weighted by atomic mass is 9.84. The van der Waals surface area contributed by atoms with Crippen molar-refractivity contribution in [1.82, 2.24) is 0 Å². The van der Waals surface area contributed by atoms with Crippen molar-refractivity contribution >= 4 is 193 Å². The van der Waals surface area contributed by atoms with Crippen LogP contribution in [0.15, 0.2) is 465 Å². The van der Waals surface area contributed by atoms with Gasteiger partial charge in [0.05, 0.1) is 0 Å². The molecule has 3 aromatic heterocycles. The summed E-state index contributed by atoms with van der Waals surface area (Å²) in [5, 5.41) is 33.6. The monoisotopic (exact) mass is 1640 g/mol. The Hall–Kier alpha value is -15.9. The van der Waals surface area contributed by atoms with Crippen LogP contribution < -0.4 is 0 Å². The Bertz CT molecular complexity index is 8960. The van der Waals surface area contributed by atoms with Crippen LogP contribution in [0.25, 0.3) is 259 Å². The summed E-state index contributed by atoms with van der Waals surface area (Å²) in [5.41, 5.74) is 22.0. The molecule has 0 aliphatic carbocycles. The smallest absolute Gasteiger partial charge is 0.135 e. The standard InChI is InChI=1S/C46H28S.C40H24S.C38H24O/c1-2-14-29(15-3-1)31-16-4-7-19-34(31)44-38-23-11-9-21-36(38)43(37-22-10-12-24-39(37)44)30-26-27-41-42(28-30)47-46-40-25-13-6-18-33(40)32-17-5-8-20-35(32)45(41)46;1-2-12-25(13-3-1)37-30-17-7-9-19-32(30)38(33-20-10-8-18-31(33)37)26-22-23-36-35(24-26)39-29-16-6-4-14-27(29)28-15-5-11-21-34(28)40(39)41-36;1-2-10-25(11-3-1)26-18-20-27(21-19-26)37-30-13-4-6-15-32(30)38(33-16-7-5-14-31(33)37)28-22-23-36-34(24-28)29-12-8-9-17-35(29)39-36/h1-28H;1-24H;1-24H. The molecule has 0 bridgehead atoms. The highest BCUT2D eigenvalue weighted by atomic mass is 32.1. The van der Waals surface area contributed by atoms with E-state index in [0.717, 1.165) is 21.9 Å². The average molecular weight is 1650 g/mol. The van der Waals surface area contributed by atoms with E-state index in [4.69, 9.17) is 4.42 Å². The lowest BCUT2D eigenvalue weighted by molar-refractivity contribution is 0.669. The van der Waals surface area contributed by atoms with Crippen LogP contribution in [0, 0.1) is 0 Å². The third-order valence-electron chi connectivity index (χ3n) is 26.4. The van der Waals surface area contributed by atoms with Gasteiger partial charge < -0.3 is 4.42 Å². The summed E-state index contributed by atoms with van der Waals surface area (Å²) in [4.78, 5) is 0. The van der Waals surface area contributed by atoms with Gasteiger partial charge in [-0.3, -0.25) is 0 Å². The molecule has 3 heteroatoms. The van der Waals surface area contributed by atoms with Gasteiger partial charge in [-0.15, -0.1) is 22.7 Å². The SMILES string of the molecule is c1ccc(-c2c3ccccc3c(-c3ccc4sc5c6ccccc6c6ccccc6c5c4c3)c3ccccc23)cc1.c1ccc(-c2ccc(-c3c4ccccc4c(-c4ccc5oc6ccccc6c5c4)c4ccccc34)cc2)cc1.c1ccc(-c2ccccc2-c2c3ccccc3c(-c3ccc4c(c3)sc3c5ccccc5c5ccccc5c43)c3ccccc23)cc1. The molecule has 27 aromatic rings. The van der Waals surface area contributed by atoms with Crippen molar-refractivity contribution in [2.75, 3.05) is 0 Å². The minimum atomic E-state index is 0.920. The Morgan fingerprint density at radius 2 is 0.409 bits per heavy atom. The second-order valence-electron chi connectivity index (χ2n) is 33.3. The van der Waals surface area contributed by atoms with Crippen LogP contribution in [0.4, 0.5) is 0 Å². The molecule has 1 nitrogen and oxygen atoms in total. The lowest BCUT2D eigenvalue weighted by Gasteiger charge is -2.19. The third-order valence-corrected chi connectivity index (χ3v) is 28.7. The molecule has 24 aromatic carbocycles. The number of hydrogen-bond donors (Lipinski definition) is 0. The van der Waals surface area contributed by atoms with Gasteiger partial charge in [0.25, 0.3) is 0 Å². The van der Waals surface area contributed by atoms with Crippen molar-refractivity contribution in [1.29, 1.82) is 0 Å². The molecular formula is C124H76OS2. The van der Waals surface area contributed by atoms with Crippen molar-refractivity contribution < 1.29 is 4.42 Å². The van der Waals surface area contributed by atoms with Gasteiger partial charge in [-0.25, -0.2) is 0 Å². The van der Waals surface area contributed by atoms with Crippen LogP contribution in [0.3, 0.4) is 0 Å². The number of fused-ring (bicyclic) bond motifs is 25. The summed E-state index contributed by atoms with van der Waals surface area (Å²) < 4.78 is 11.5. The molecular weight excluding hydrogens is 1570 g/mol. The van der Waals surface area contributed by atoms with Crippen LogP contribution in [0.1, 0.15) is 0 Å². The molecule has 0 unspecified atom stereocenters. The Labute approximate surface area is 741 Å². The fraction of sp³-hybridized carbons (Fsp3) is 0. The van der Waals surface area contributed by atoms with E-state index < -0.39 is 0 Å². The van der Waals surface area contributed by atoms with E-state index in [0.29, 0.717) is 0 Å². The summed E-state index contributed by atoms with van der Waals surface area (Å²) in [7, 11) is 0. The molecule has 0 aliphatic heterocycles. The molecule has 0 atom stereocenters. The van der Waals surface area contributed by atoms with Crippen molar-refractivity contribution in [3.05, 3.63) is 461 Å². The first-order valence-corrected chi connectivity index (χ1v) is 45.3. The predicted molar refractivity (Wildman–Crippen MR) is 551 cm³/mol. The number of hydrogen-bond acceptors (Lipinski definition) is 3. The minimum Gasteiger partial charge on any atom is -0.456 e. The molecule has 3 heterocycles. The van der Waals surface area contributed by atoms with Gasteiger partial charge in [0.15, 0.2) is 0 Å².